The number of hydrogen-bond donors (Lipinski definition) is 1. The lowest BCUT2D eigenvalue weighted by Crippen LogP contribution is -2.41. The Morgan fingerprint density at radius 3 is 2.87 bits per heavy atom. The molecular formula is C18H27NO4. The predicted molar refractivity (Wildman–Crippen MR) is 89.3 cm³/mol. The monoisotopic (exact) mass is 321 g/mol. The van der Waals surface area contributed by atoms with Crippen LogP contribution in [0.3, 0.4) is 0 Å². The smallest absolute Gasteiger partial charge is 0.161 e. The van der Waals surface area contributed by atoms with Crippen LogP contribution in [-0.4, -0.2) is 55.2 Å². The molecule has 1 fully saturated rings. The van der Waals surface area contributed by atoms with E-state index in [9.17, 15) is 9.90 Å². The number of ether oxygens (including phenoxy) is 2. The minimum atomic E-state index is -0.544. The minimum absolute atomic E-state index is 0.0193. The molecule has 0 bridgehead atoms. The number of aliphatic hydroxyl groups is 1. The van der Waals surface area contributed by atoms with Crippen LogP contribution in [0, 0.1) is 5.92 Å². The number of benzene rings is 1. The maximum absolute atomic E-state index is 11.4. The van der Waals surface area contributed by atoms with E-state index in [2.05, 4.69) is 11.8 Å². The van der Waals surface area contributed by atoms with Gasteiger partial charge in [-0.05, 0) is 50.4 Å². The van der Waals surface area contributed by atoms with E-state index in [1.165, 1.54) is 26.9 Å². The van der Waals surface area contributed by atoms with E-state index in [1.54, 1.807) is 18.2 Å². The summed E-state index contributed by atoms with van der Waals surface area (Å²) in [5.74, 6) is 1.73. The molecule has 1 heterocycles. The molecule has 5 heteroatoms. The molecule has 2 unspecified atom stereocenters. The summed E-state index contributed by atoms with van der Waals surface area (Å²) in [4.78, 5) is 13.7. The molecule has 0 saturated carbocycles. The maximum atomic E-state index is 11.4. The molecule has 0 aromatic heterocycles. The van der Waals surface area contributed by atoms with Crippen molar-refractivity contribution in [3.63, 3.8) is 0 Å². The molecule has 1 aromatic carbocycles. The lowest BCUT2D eigenvalue weighted by molar-refractivity contribution is 0.0529. The van der Waals surface area contributed by atoms with Crippen molar-refractivity contribution in [3.8, 4) is 11.5 Å². The number of nitrogens with zero attached hydrogens (tertiary/aromatic N) is 1. The summed E-state index contributed by atoms with van der Waals surface area (Å²) < 4.78 is 10.9. The van der Waals surface area contributed by atoms with Gasteiger partial charge in [-0.25, -0.2) is 0 Å². The molecule has 1 saturated heterocycles. The number of ketones is 1. The van der Waals surface area contributed by atoms with Crippen molar-refractivity contribution >= 4 is 5.78 Å². The first kappa shape index (κ1) is 17.8. The van der Waals surface area contributed by atoms with Crippen LogP contribution in [0.15, 0.2) is 18.2 Å². The molecule has 2 rings (SSSR count). The van der Waals surface area contributed by atoms with Gasteiger partial charge in [0.1, 0.15) is 12.7 Å². The van der Waals surface area contributed by atoms with Crippen LogP contribution in [0.4, 0.5) is 0 Å². The van der Waals surface area contributed by atoms with E-state index >= 15 is 0 Å². The summed E-state index contributed by atoms with van der Waals surface area (Å²) >= 11 is 0. The van der Waals surface area contributed by atoms with Gasteiger partial charge in [0.2, 0.25) is 0 Å². The van der Waals surface area contributed by atoms with Crippen molar-refractivity contribution in [2.24, 2.45) is 5.92 Å². The highest BCUT2D eigenvalue weighted by Gasteiger charge is 2.19. The molecule has 0 aliphatic carbocycles. The maximum Gasteiger partial charge on any atom is 0.161 e. The van der Waals surface area contributed by atoms with Crippen LogP contribution in [0.2, 0.25) is 0 Å². The number of Topliss-reactive ketones (excluding diaryl/α,β-unsaturated/α-hetero) is 1. The van der Waals surface area contributed by atoms with Crippen LogP contribution in [0.5, 0.6) is 11.5 Å². The fourth-order valence-corrected chi connectivity index (χ4v) is 3.00. The Hall–Kier alpha value is -1.59. The number of β-amino-alcohol motifs (C(OH)–C–C–N with tert-alkyl or cyclic N) is 1. The molecule has 5 nitrogen and oxygen atoms in total. The summed E-state index contributed by atoms with van der Waals surface area (Å²) in [7, 11) is 1.54. The third kappa shape index (κ3) is 5.22. The molecule has 0 amide bonds. The summed E-state index contributed by atoms with van der Waals surface area (Å²) in [5.41, 5.74) is 0.581. The van der Waals surface area contributed by atoms with E-state index in [1.807, 2.05) is 0 Å². The highest BCUT2D eigenvalue weighted by atomic mass is 16.5. The van der Waals surface area contributed by atoms with Crippen molar-refractivity contribution in [3.05, 3.63) is 23.8 Å². The zero-order valence-electron chi connectivity index (χ0n) is 14.2. The van der Waals surface area contributed by atoms with Gasteiger partial charge >= 0.3 is 0 Å². The molecular weight excluding hydrogens is 294 g/mol. The summed E-state index contributed by atoms with van der Waals surface area (Å²) in [6.45, 7) is 6.67. The summed E-state index contributed by atoms with van der Waals surface area (Å²) in [6, 6.07) is 5.08. The Bertz CT molecular complexity index is 532. The van der Waals surface area contributed by atoms with Gasteiger partial charge in [0, 0.05) is 18.7 Å². The standard InChI is InChI=1S/C18H27NO4/c1-13-5-4-8-19(10-13)11-16(21)12-23-17-7-6-15(14(2)20)9-18(17)22-3/h6-7,9,13,16,21H,4-5,8,10-12H2,1-3H3. The first-order chi connectivity index (χ1) is 11.0. The number of hydrogen-bond acceptors (Lipinski definition) is 5. The zero-order valence-corrected chi connectivity index (χ0v) is 14.2. The Morgan fingerprint density at radius 2 is 2.22 bits per heavy atom. The van der Waals surface area contributed by atoms with E-state index in [-0.39, 0.29) is 12.4 Å². The van der Waals surface area contributed by atoms with Gasteiger partial charge in [0.05, 0.1) is 7.11 Å². The lowest BCUT2D eigenvalue weighted by atomic mass is 10.0. The van der Waals surface area contributed by atoms with Crippen LogP contribution in [-0.2, 0) is 0 Å². The van der Waals surface area contributed by atoms with Gasteiger partial charge in [0.25, 0.3) is 0 Å². The number of carbonyl (C=O) groups excluding carboxylic acids is 1. The van der Waals surface area contributed by atoms with Crippen molar-refractivity contribution in [2.45, 2.75) is 32.8 Å². The Balaban J connectivity index is 1.88. The van der Waals surface area contributed by atoms with Gasteiger partial charge in [0.15, 0.2) is 17.3 Å². The number of piperidine rings is 1. The van der Waals surface area contributed by atoms with Crippen molar-refractivity contribution < 1.29 is 19.4 Å². The third-order valence-electron chi connectivity index (χ3n) is 4.21. The van der Waals surface area contributed by atoms with Crippen LogP contribution < -0.4 is 9.47 Å². The molecule has 0 spiro atoms. The lowest BCUT2D eigenvalue weighted by Gasteiger charge is -2.32. The van der Waals surface area contributed by atoms with Gasteiger partial charge in [-0.1, -0.05) is 6.92 Å². The normalized spacial score (nSPS) is 20.1. The molecule has 1 aliphatic rings. The Kier molecular flexibility index (Phi) is 6.42. The molecule has 1 aromatic rings. The molecule has 1 N–H and O–H groups in total. The number of aliphatic hydroxyl groups excluding tert-OH is 1. The van der Waals surface area contributed by atoms with E-state index in [0.29, 0.717) is 29.5 Å². The van der Waals surface area contributed by atoms with Gasteiger partial charge in [-0.15, -0.1) is 0 Å². The van der Waals surface area contributed by atoms with Gasteiger partial charge in [-0.2, -0.15) is 0 Å². The molecule has 128 valence electrons. The average molecular weight is 321 g/mol. The van der Waals surface area contributed by atoms with Crippen molar-refractivity contribution in [1.29, 1.82) is 0 Å². The largest absolute Gasteiger partial charge is 0.493 e. The van der Waals surface area contributed by atoms with Crippen molar-refractivity contribution in [1.82, 2.24) is 4.90 Å². The first-order valence-corrected chi connectivity index (χ1v) is 8.21. The Labute approximate surface area is 138 Å². The second kappa shape index (κ2) is 8.31. The second-order valence-corrected chi connectivity index (χ2v) is 6.39. The zero-order chi connectivity index (χ0) is 16.8. The summed E-state index contributed by atoms with van der Waals surface area (Å²) in [6.07, 6.45) is 1.91. The first-order valence-electron chi connectivity index (χ1n) is 8.21. The average Bonchev–Trinajstić information content (AvgIpc) is 2.52. The molecule has 2 atom stereocenters. The number of methoxy groups -OCH3 is 1. The van der Waals surface area contributed by atoms with E-state index < -0.39 is 6.10 Å². The quantitative estimate of drug-likeness (QED) is 0.781. The number of likely N-dealkylation sites (tertiary alicyclic amines) is 1. The van der Waals surface area contributed by atoms with E-state index in [0.717, 1.165) is 13.1 Å². The minimum Gasteiger partial charge on any atom is -0.493 e. The van der Waals surface area contributed by atoms with Gasteiger partial charge < -0.3 is 19.5 Å². The highest BCUT2D eigenvalue weighted by molar-refractivity contribution is 5.94. The fourth-order valence-electron chi connectivity index (χ4n) is 3.00. The van der Waals surface area contributed by atoms with Crippen LogP contribution >= 0.6 is 0 Å². The highest BCUT2D eigenvalue weighted by Crippen LogP contribution is 2.28. The molecule has 0 radical (unpaired) electrons. The summed E-state index contributed by atoms with van der Waals surface area (Å²) in [5, 5.41) is 10.2. The van der Waals surface area contributed by atoms with Gasteiger partial charge in [-0.3, -0.25) is 4.79 Å². The molecule has 23 heavy (non-hydrogen) atoms. The van der Waals surface area contributed by atoms with Crippen molar-refractivity contribution in [2.75, 3.05) is 33.4 Å². The second-order valence-electron chi connectivity index (χ2n) is 6.39. The number of carbonyl (C=O) groups is 1. The number of rotatable bonds is 7. The molecule has 1 aliphatic heterocycles. The van der Waals surface area contributed by atoms with Crippen LogP contribution in [0.25, 0.3) is 0 Å². The SMILES string of the molecule is COc1cc(C(C)=O)ccc1OCC(O)CN1CCCC(C)C1. The third-order valence-corrected chi connectivity index (χ3v) is 4.21. The predicted octanol–water partition coefficient (Wildman–Crippen LogP) is 2.37. The topological polar surface area (TPSA) is 59.0 Å². The fraction of sp³-hybridized carbons (Fsp3) is 0.611. The Morgan fingerprint density at radius 1 is 1.43 bits per heavy atom. The van der Waals surface area contributed by atoms with E-state index in [4.69, 9.17) is 9.47 Å². The van der Waals surface area contributed by atoms with Crippen LogP contribution in [0.1, 0.15) is 37.0 Å².